The Balaban J connectivity index is 1.63. The Bertz CT molecular complexity index is 896. The Morgan fingerprint density at radius 3 is 1.47 bits per heavy atom. The molecule has 7 nitrogen and oxygen atoms in total. The molecule has 59 heavy (non-hydrogen) atoms. The second-order valence-corrected chi connectivity index (χ2v) is 20.6. The molecule has 9 heteroatoms. The molecule has 2 fully saturated rings. The number of unbranched alkanes of at least 4 members (excludes halogenated alkanes) is 10. The standard InChI is InChI=1S/C50H95NO6S2/c1-4-6-14-30-47(56-49(53)34-32-44-24-16-12-17-25-44)42-58-40-22-10-8-20-28-46(51(3)36-38-55-39-37-52)29-21-9-11-23-41-59-43-48(31-15-7-5-2)57-50(54)35-33-45-26-18-13-19-27-45/h44-48,52H,4-43H2,1-3H3. The van der Waals surface area contributed by atoms with Gasteiger partial charge in [-0.2, -0.15) is 23.5 Å². The molecule has 0 heterocycles. The van der Waals surface area contributed by atoms with Crippen molar-refractivity contribution in [3.05, 3.63) is 0 Å². The van der Waals surface area contributed by atoms with Gasteiger partial charge in [0.1, 0.15) is 12.2 Å². The van der Waals surface area contributed by atoms with Crippen LogP contribution in [0, 0.1) is 11.8 Å². The SMILES string of the molecule is CCCCCC(CSCCCCCCC(CCCCCCSCC(CCCCC)OC(=O)CCC1CCCCC1)N(C)CCOCCO)OC(=O)CCC1CCCCC1. The lowest BCUT2D eigenvalue weighted by Crippen LogP contribution is -2.34. The molecule has 2 rings (SSSR count). The lowest BCUT2D eigenvalue weighted by Gasteiger charge is -2.28. The summed E-state index contributed by atoms with van der Waals surface area (Å²) in [5.41, 5.74) is 0. The molecule has 2 unspecified atom stereocenters. The maximum absolute atomic E-state index is 12.7. The number of esters is 2. The van der Waals surface area contributed by atoms with E-state index in [0.29, 0.717) is 32.1 Å². The van der Waals surface area contributed by atoms with Crippen LogP contribution in [0.4, 0.5) is 0 Å². The fourth-order valence-corrected chi connectivity index (χ4v) is 11.3. The Hall–Kier alpha value is -0.480. The van der Waals surface area contributed by atoms with Crippen molar-refractivity contribution in [1.82, 2.24) is 4.90 Å². The smallest absolute Gasteiger partial charge is 0.306 e. The summed E-state index contributed by atoms with van der Waals surface area (Å²) in [6, 6.07) is 0.574. The third-order valence-corrected chi connectivity index (χ3v) is 15.4. The summed E-state index contributed by atoms with van der Waals surface area (Å²) in [4.78, 5) is 28.0. The van der Waals surface area contributed by atoms with E-state index in [0.717, 1.165) is 79.9 Å². The number of likely N-dealkylation sites (N-methyl/N-ethyl adjacent to an activating group) is 1. The van der Waals surface area contributed by atoms with Gasteiger partial charge < -0.3 is 24.2 Å². The summed E-state index contributed by atoms with van der Waals surface area (Å²) in [5.74, 6) is 5.72. The van der Waals surface area contributed by atoms with Crippen molar-refractivity contribution < 1.29 is 28.9 Å². The molecule has 0 aromatic carbocycles. The van der Waals surface area contributed by atoms with Gasteiger partial charge in [-0.1, -0.05) is 142 Å². The van der Waals surface area contributed by atoms with Gasteiger partial charge in [0.05, 0.1) is 19.8 Å². The number of carbonyl (C=O) groups excluding carboxylic acids is 2. The zero-order chi connectivity index (χ0) is 42.4. The average Bonchev–Trinajstić information content (AvgIpc) is 3.25. The van der Waals surface area contributed by atoms with Crippen molar-refractivity contribution in [2.75, 3.05) is 56.4 Å². The molecule has 2 atom stereocenters. The van der Waals surface area contributed by atoms with Crippen molar-refractivity contribution in [2.45, 2.75) is 238 Å². The highest BCUT2D eigenvalue weighted by Crippen LogP contribution is 2.29. The van der Waals surface area contributed by atoms with Crippen LogP contribution < -0.4 is 0 Å². The Kier molecular flexibility index (Phi) is 36.3. The summed E-state index contributed by atoms with van der Waals surface area (Å²) in [7, 11) is 2.25. The Morgan fingerprint density at radius 1 is 0.593 bits per heavy atom. The first kappa shape index (κ1) is 54.7. The second kappa shape index (κ2) is 39.1. The van der Waals surface area contributed by atoms with Gasteiger partial charge >= 0.3 is 11.9 Å². The molecule has 0 amide bonds. The molecule has 2 saturated carbocycles. The molecule has 348 valence electrons. The summed E-state index contributed by atoms with van der Waals surface area (Å²) in [5, 5.41) is 9.13. The number of nitrogens with zero attached hydrogens (tertiary/aromatic N) is 1. The van der Waals surface area contributed by atoms with Gasteiger partial charge in [0.2, 0.25) is 0 Å². The molecular formula is C50H95NO6S2. The number of ether oxygens (including phenoxy) is 3. The normalized spacial score (nSPS) is 17.0. The molecule has 0 aromatic heterocycles. The van der Waals surface area contributed by atoms with Crippen LogP contribution in [0.25, 0.3) is 0 Å². The fourth-order valence-electron chi connectivity index (χ4n) is 9.13. The van der Waals surface area contributed by atoms with Gasteiger partial charge in [-0.05, 0) is 94.6 Å². The molecule has 0 saturated heterocycles. The highest BCUT2D eigenvalue weighted by Gasteiger charge is 2.21. The number of hydrogen-bond donors (Lipinski definition) is 1. The van der Waals surface area contributed by atoms with Gasteiger partial charge in [-0.25, -0.2) is 0 Å². The number of hydrogen-bond acceptors (Lipinski definition) is 9. The van der Waals surface area contributed by atoms with Gasteiger partial charge in [0.25, 0.3) is 0 Å². The van der Waals surface area contributed by atoms with Crippen LogP contribution in [0.3, 0.4) is 0 Å². The second-order valence-electron chi connectivity index (χ2n) is 18.3. The van der Waals surface area contributed by atoms with E-state index in [9.17, 15) is 9.59 Å². The number of rotatable bonds is 40. The maximum atomic E-state index is 12.7. The van der Waals surface area contributed by atoms with E-state index in [4.69, 9.17) is 19.3 Å². The van der Waals surface area contributed by atoms with E-state index >= 15 is 0 Å². The predicted molar refractivity (Wildman–Crippen MR) is 255 cm³/mol. The highest BCUT2D eigenvalue weighted by atomic mass is 32.2. The molecule has 0 bridgehead atoms. The monoisotopic (exact) mass is 870 g/mol. The summed E-state index contributed by atoms with van der Waals surface area (Å²) in [6.45, 7) is 6.56. The van der Waals surface area contributed by atoms with Gasteiger partial charge in [-0.15, -0.1) is 0 Å². The van der Waals surface area contributed by atoms with E-state index < -0.39 is 0 Å². The topological polar surface area (TPSA) is 85.3 Å². The molecule has 0 radical (unpaired) electrons. The van der Waals surface area contributed by atoms with Crippen molar-refractivity contribution in [3.63, 3.8) is 0 Å². The van der Waals surface area contributed by atoms with Crippen molar-refractivity contribution in [1.29, 1.82) is 0 Å². The van der Waals surface area contributed by atoms with Crippen LogP contribution in [-0.4, -0.2) is 96.6 Å². The lowest BCUT2D eigenvalue weighted by molar-refractivity contribution is -0.149. The average molecular weight is 870 g/mol. The zero-order valence-electron chi connectivity index (χ0n) is 38.9. The van der Waals surface area contributed by atoms with Crippen LogP contribution in [-0.2, 0) is 23.8 Å². The maximum Gasteiger partial charge on any atom is 0.306 e. The van der Waals surface area contributed by atoms with Crippen LogP contribution in [0.2, 0.25) is 0 Å². The van der Waals surface area contributed by atoms with Gasteiger partial charge in [-0.3, -0.25) is 9.59 Å². The Morgan fingerprint density at radius 2 is 1.03 bits per heavy atom. The van der Waals surface area contributed by atoms with Gasteiger partial charge in [0, 0.05) is 36.9 Å². The minimum Gasteiger partial charge on any atom is -0.461 e. The highest BCUT2D eigenvalue weighted by molar-refractivity contribution is 7.99. The summed E-state index contributed by atoms with van der Waals surface area (Å²) in [6.07, 6.45) is 38.3. The number of aliphatic hydroxyl groups is 1. The molecule has 1 N–H and O–H groups in total. The summed E-state index contributed by atoms with van der Waals surface area (Å²) < 4.78 is 17.7. The van der Waals surface area contributed by atoms with E-state index in [-0.39, 0.29) is 30.8 Å². The van der Waals surface area contributed by atoms with Crippen LogP contribution in [0.15, 0.2) is 0 Å². The van der Waals surface area contributed by atoms with Crippen LogP contribution in [0.1, 0.15) is 219 Å². The largest absolute Gasteiger partial charge is 0.461 e. The lowest BCUT2D eigenvalue weighted by atomic mass is 9.86. The van der Waals surface area contributed by atoms with Crippen molar-refractivity contribution in [2.24, 2.45) is 11.8 Å². The molecular weight excluding hydrogens is 775 g/mol. The van der Waals surface area contributed by atoms with Crippen molar-refractivity contribution in [3.8, 4) is 0 Å². The fraction of sp³-hybridized carbons (Fsp3) is 0.960. The Labute approximate surface area is 373 Å². The number of aliphatic hydroxyl groups excluding tert-OH is 1. The molecule has 0 aliphatic heterocycles. The first-order valence-electron chi connectivity index (χ1n) is 25.4. The molecule has 0 aromatic rings. The predicted octanol–water partition coefficient (Wildman–Crippen LogP) is 13.4. The van der Waals surface area contributed by atoms with Gasteiger partial charge in [0.15, 0.2) is 0 Å². The van der Waals surface area contributed by atoms with E-state index in [1.165, 1.54) is 154 Å². The number of thioether (sulfide) groups is 2. The van der Waals surface area contributed by atoms with Crippen molar-refractivity contribution >= 4 is 35.5 Å². The third-order valence-electron chi connectivity index (χ3n) is 13.0. The first-order chi connectivity index (χ1) is 28.9. The number of carbonyl (C=O) groups is 2. The van der Waals surface area contributed by atoms with Crippen LogP contribution in [0.5, 0.6) is 0 Å². The molecule has 2 aliphatic rings. The quantitative estimate of drug-likeness (QED) is 0.0478. The van der Waals surface area contributed by atoms with E-state index in [1.807, 2.05) is 23.5 Å². The minimum absolute atomic E-state index is 0.0354. The summed E-state index contributed by atoms with van der Waals surface area (Å²) >= 11 is 3.97. The molecule has 0 spiro atoms. The van der Waals surface area contributed by atoms with Crippen LogP contribution >= 0.6 is 23.5 Å². The first-order valence-corrected chi connectivity index (χ1v) is 27.7. The minimum atomic E-state index is 0.0354. The zero-order valence-corrected chi connectivity index (χ0v) is 40.6. The molecule has 2 aliphatic carbocycles. The van der Waals surface area contributed by atoms with E-state index in [1.54, 1.807) is 0 Å². The third kappa shape index (κ3) is 31.1. The van der Waals surface area contributed by atoms with E-state index in [2.05, 4.69) is 25.8 Å².